The normalized spacial score (nSPS) is 10.4. The first kappa shape index (κ1) is 8.35. The summed E-state index contributed by atoms with van der Waals surface area (Å²) >= 11 is 0. The molecule has 8 heteroatoms. The Morgan fingerprint density at radius 1 is 1.64 bits per heavy atom. The summed E-state index contributed by atoms with van der Waals surface area (Å²) in [6.45, 7) is 0. The molecular formula is C6H5N5O3. The van der Waals surface area contributed by atoms with E-state index in [2.05, 4.69) is 15.2 Å². The van der Waals surface area contributed by atoms with Crippen LogP contribution >= 0.6 is 0 Å². The van der Waals surface area contributed by atoms with Gasteiger partial charge >= 0.3 is 11.7 Å². The van der Waals surface area contributed by atoms with E-state index in [9.17, 15) is 10.1 Å². The van der Waals surface area contributed by atoms with Gasteiger partial charge < -0.3 is 14.5 Å². The molecule has 0 amide bonds. The third-order valence-electron chi connectivity index (χ3n) is 1.70. The number of hydrogen-bond donors (Lipinski definition) is 0. The molecule has 72 valence electrons. The van der Waals surface area contributed by atoms with Crippen LogP contribution in [-0.2, 0) is 7.05 Å². The molecule has 0 aliphatic heterocycles. The van der Waals surface area contributed by atoms with Gasteiger partial charge in [-0.15, -0.1) is 10.2 Å². The molecule has 0 fully saturated rings. The Bertz CT molecular complexity index is 460. The largest absolute Gasteiger partial charge is 0.419 e. The van der Waals surface area contributed by atoms with Gasteiger partial charge in [-0.3, -0.25) is 0 Å². The van der Waals surface area contributed by atoms with Crippen molar-refractivity contribution in [1.29, 1.82) is 0 Å². The number of imidazole rings is 1. The van der Waals surface area contributed by atoms with Crippen LogP contribution < -0.4 is 0 Å². The molecular weight excluding hydrogens is 190 g/mol. The fourth-order valence-electron chi connectivity index (χ4n) is 1.04. The average molecular weight is 195 g/mol. The second kappa shape index (κ2) is 2.91. The van der Waals surface area contributed by atoms with Crippen LogP contribution in [-0.4, -0.2) is 24.7 Å². The molecule has 0 N–H and O–H groups in total. The Morgan fingerprint density at radius 3 is 2.93 bits per heavy atom. The lowest BCUT2D eigenvalue weighted by atomic mass is 10.6. The number of nitro groups is 1. The van der Waals surface area contributed by atoms with Crippen molar-refractivity contribution in [2.24, 2.45) is 7.05 Å². The zero-order valence-corrected chi connectivity index (χ0v) is 7.12. The van der Waals surface area contributed by atoms with Crippen molar-refractivity contribution >= 4 is 5.82 Å². The fourth-order valence-corrected chi connectivity index (χ4v) is 1.04. The second-order valence-electron chi connectivity index (χ2n) is 2.50. The highest BCUT2D eigenvalue weighted by Crippen LogP contribution is 2.19. The van der Waals surface area contributed by atoms with Crippen molar-refractivity contribution in [3.63, 3.8) is 0 Å². The molecule has 2 rings (SSSR count). The Hall–Kier alpha value is -2.25. The molecule has 8 nitrogen and oxygen atoms in total. The lowest BCUT2D eigenvalue weighted by Crippen LogP contribution is -1.98. The zero-order chi connectivity index (χ0) is 10.1. The van der Waals surface area contributed by atoms with Crippen LogP contribution in [0.25, 0.3) is 11.7 Å². The van der Waals surface area contributed by atoms with Gasteiger partial charge in [0.05, 0.1) is 7.05 Å². The minimum absolute atomic E-state index is 0.127. The van der Waals surface area contributed by atoms with Crippen molar-refractivity contribution < 1.29 is 9.34 Å². The molecule has 0 aliphatic rings. The fraction of sp³-hybridized carbons (Fsp3) is 0.167. The molecule has 2 aromatic heterocycles. The van der Waals surface area contributed by atoms with Crippen LogP contribution in [0.1, 0.15) is 0 Å². The Labute approximate surface area is 77.3 Å². The SMILES string of the molecule is Cn1c([N+](=O)[O-])cnc1-c1nnco1. The molecule has 0 aromatic carbocycles. The van der Waals surface area contributed by atoms with E-state index in [4.69, 9.17) is 4.42 Å². The van der Waals surface area contributed by atoms with Crippen LogP contribution in [0.15, 0.2) is 17.0 Å². The number of aromatic nitrogens is 4. The topological polar surface area (TPSA) is 99.9 Å². The second-order valence-corrected chi connectivity index (χ2v) is 2.50. The number of rotatable bonds is 2. The van der Waals surface area contributed by atoms with Crippen molar-refractivity contribution in [3.8, 4) is 11.7 Å². The standard InChI is InChI=1S/C6H5N5O3/c1-10-4(11(12)13)2-7-5(10)6-9-8-3-14-6/h2-3H,1H3. The Balaban J connectivity index is 2.52. The van der Waals surface area contributed by atoms with Gasteiger partial charge in [0, 0.05) is 0 Å². The molecule has 0 bridgehead atoms. The van der Waals surface area contributed by atoms with Crippen molar-refractivity contribution in [1.82, 2.24) is 19.7 Å². The molecule has 0 spiro atoms. The van der Waals surface area contributed by atoms with E-state index in [0.717, 1.165) is 12.6 Å². The summed E-state index contributed by atoms with van der Waals surface area (Å²) < 4.78 is 6.14. The summed E-state index contributed by atoms with van der Waals surface area (Å²) in [5.41, 5.74) is 0. The van der Waals surface area contributed by atoms with E-state index in [1.165, 1.54) is 11.6 Å². The Kier molecular flexibility index (Phi) is 1.73. The summed E-state index contributed by atoms with van der Waals surface area (Å²) in [6, 6.07) is 0. The minimum atomic E-state index is -0.535. The van der Waals surface area contributed by atoms with Crippen LogP contribution in [0.2, 0.25) is 0 Å². The molecule has 0 atom stereocenters. The van der Waals surface area contributed by atoms with Gasteiger partial charge in [0.2, 0.25) is 6.39 Å². The predicted molar refractivity (Wildman–Crippen MR) is 43.2 cm³/mol. The Morgan fingerprint density at radius 2 is 2.43 bits per heavy atom. The van der Waals surface area contributed by atoms with Crippen LogP contribution in [0, 0.1) is 10.1 Å². The van der Waals surface area contributed by atoms with Crippen molar-refractivity contribution in [2.75, 3.05) is 0 Å². The van der Waals surface area contributed by atoms with Gasteiger partial charge in [0.25, 0.3) is 5.82 Å². The van der Waals surface area contributed by atoms with E-state index >= 15 is 0 Å². The van der Waals surface area contributed by atoms with Gasteiger partial charge in [0.15, 0.2) is 0 Å². The molecule has 2 heterocycles. The predicted octanol–water partition coefficient (Wildman–Crippen LogP) is 0.378. The van der Waals surface area contributed by atoms with Crippen LogP contribution in [0.3, 0.4) is 0 Å². The number of nitrogens with zero attached hydrogens (tertiary/aromatic N) is 5. The smallest absolute Gasteiger partial charge is 0.343 e. The average Bonchev–Trinajstić information content (AvgIpc) is 2.71. The highest BCUT2D eigenvalue weighted by Gasteiger charge is 2.21. The van der Waals surface area contributed by atoms with Crippen LogP contribution in [0.5, 0.6) is 0 Å². The zero-order valence-electron chi connectivity index (χ0n) is 7.12. The van der Waals surface area contributed by atoms with Gasteiger partial charge in [0.1, 0.15) is 6.20 Å². The maximum atomic E-state index is 10.5. The molecule has 0 aliphatic carbocycles. The maximum absolute atomic E-state index is 10.5. The first-order chi connectivity index (χ1) is 6.70. The van der Waals surface area contributed by atoms with E-state index in [1.807, 2.05) is 0 Å². The van der Waals surface area contributed by atoms with Gasteiger partial charge in [-0.2, -0.15) is 0 Å². The molecule has 0 saturated heterocycles. The summed E-state index contributed by atoms with van der Waals surface area (Å²) in [6.07, 6.45) is 2.27. The number of hydrogen-bond acceptors (Lipinski definition) is 6. The van der Waals surface area contributed by atoms with Crippen molar-refractivity contribution in [3.05, 3.63) is 22.7 Å². The quantitative estimate of drug-likeness (QED) is 0.507. The van der Waals surface area contributed by atoms with E-state index < -0.39 is 4.92 Å². The molecule has 0 radical (unpaired) electrons. The van der Waals surface area contributed by atoms with E-state index in [1.54, 1.807) is 0 Å². The molecule has 0 saturated carbocycles. The highest BCUT2D eigenvalue weighted by atomic mass is 16.6. The van der Waals surface area contributed by atoms with Gasteiger partial charge in [-0.1, -0.05) is 0 Å². The van der Waals surface area contributed by atoms with E-state index in [0.29, 0.717) is 0 Å². The lowest BCUT2D eigenvalue weighted by molar-refractivity contribution is -0.391. The summed E-state index contributed by atoms with van der Waals surface area (Å²) in [4.78, 5) is 13.8. The minimum Gasteiger partial charge on any atom is -0.419 e. The molecule has 0 unspecified atom stereocenters. The van der Waals surface area contributed by atoms with Crippen LogP contribution in [0.4, 0.5) is 5.82 Å². The highest BCUT2D eigenvalue weighted by molar-refractivity contribution is 5.44. The molecule has 2 aromatic rings. The monoisotopic (exact) mass is 195 g/mol. The molecule has 14 heavy (non-hydrogen) atoms. The lowest BCUT2D eigenvalue weighted by Gasteiger charge is -1.93. The summed E-state index contributed by atoms with van der Waals surface area (Å²) in [7, 11) is 1.50. The summed E-state index contributed by atoms with van der Waals surface area (Å²) in [5, 5.41) is 17.5. The maximum Gasteiger partial charge on any atom is 0.343 e. The van der Waals surface area contributed by atoms with Crippen molar-refractivity contribution in [2.45, 2.75) is 0 Å². The van der Waals surface area contributed by atoms with E-state index in [-0.39, 0.29) is 17.5 Å². The first-order valence-corrected chi connectivity index (χ1v) is 3.63. The third-order valence-corrected chi connectivity index (χ3v) is 1.70. The third kappa shape index (κ3) is 1.13. The van der Waals surface area contributed by atoms with Gasteiger partial charge in [-0.05, 0) is 4.92 Å². The first-order valence-electron chi connectivity index (χ1n) is 3.63. The summed E-state index contributed by atoms with van der Waals surface area (Å²) in [5.74, 6) is 0.299. The van der Waals surface area contributed by atoms with Gasteiger partial charge in [-0.25, -0.2) is 9.55 Å².